The van der Waals surface area contributed by atoms with Gasteiger partial charge in [-0.1, -0.05) is 66.5 Å². The molecule has 6 atom stereocenters. The van der Waals surface area contributed by atoms with E-state index in [1.165, 1.54) is 11.3 Å². The third kappa shape index (κ3) is 28.2. The molecule has 23 heteroatoms. The number of hydrogen-bond acceptors (Lipinski definition) is 18. The number of aromatic nitrogens is 1. The van der Waals surface area contributed by atoms with Gasteiger partial charge in [0.15, 0.2) is 0 Å². The van der Waals surface area contributed by atoms with Crippen LogP contribution in [0.2, 0.25) is 0 Å². The number of ether oxygens (including phenoxy) is 9. The average molecular weight is 1150 g/mol. The number of nitrogens with two attached hydrogens (primary N) is 1. The highest BCUT2D eigenvalue weighted by atomic mass is 32.1. The Morgan fingerprint density at radius 1 is 0.750 bits per heavy atom. The van der Waals surface area contributed by atoms with Crippen LogP contribution in [0.25, 0.3) is 0 Å². The third-order valence-electron chi connectivity index (χ3n) is 13.4. The molecule has 0 saturated carbocycles. The van der Waals surface area contributed by atoms with Crippen molar-refractivity contribution >= 4 is 46.6 Å². The molecule has 1 fully saturated rings. The van der Waals surface area contributed by atoms with E-state index >= 15 is 0 Å². The van der Waals surface area contributed by atoms with Crippen molar-refractivity contribution in [1.82, 2.24) is 25.4 Å². The number of amides is 4. The zero-order valence-electron chi connectivity index (χ0n) is 48.9. The first-order valence-corrected chi connectivity index (χ1v) is 29.7. The van der Waals surface area contributed by atoms with Crippen LogP contribution in [-0.2, 0) is 68.2 Å². The molecule has 80 heavy (non-hydrogen) atoms. The summed E-state index contributed by atoms with van der Waals surface area (Å²) in [5.41, 5.74) is 6.57. The Morgan fingerprint density at radius 2 is 1.30 bits per heavy atom. The number of carbonyl (C=O) groups excluding carboxylic acids is 4. The second kappa shape index (κ2) is 42.6. The topological polar surface area (TPSA) is 270 Å². The molecule has 0 radical (unpaired) electrons. The first kappa shape index (κ1) is 70.0. The minimum absolute atomic E-state index is 0.0139. The standard InChI is InChI=1S/C57H97N7O15S/c1-8-20-64(56(68)52(43(6)10-3)62-54(67)48-13-11-12-21-63(48)7)49(42(4)5)40-50(79-22-9-2)55-61-47(41-80-55)53(66)60-46(57(69)70)39-44-14-16-45(17-15-44)59-51(65)18-23-71-25-27-73-29-31-75-33-35-77-37-38-78-36-34-76-32-30-74-28-26-72-24-19-58/h14-17,41-43,46,48-50,52H,8-13,18-40,58H2,1-7H3,(H,59,65)(H,60,66)(H,62,67)(H,69,70)/t43-,46-,48+,49+,50+,52-/m0/s1. The Bertz CT molecular complexity index is 2000. The Kier molecular flexibility index (Phi) is 37.3. The number of nitrogens with one attached hydrogen (secondary N) is 3. The Hall–Kier alpha value is -4.24. The van der Waals surface area contributed by atoms with Crippen LogP contribution in [0.1, 0.15) is 120 Å². The molecule has 6 N–H and O–H groups in total. The van der Waals surface area contributed by atoms with Crippen molar-refractivity contribution in [2.45, 2.75) is 130 Å². The summed E-state index contributed by atoms with van der Waals surface area (Å²) < 4.78 is 50.0. The molecule has 0 unspecified atom stereocenters. The molecule has 1 saturated heterocycles. The highest BCUT2D eigenvalue weighted by Gasteiger charge is 2.38. The van der Waals surface area contributed by atoms with Crippen LogP contribution < -0.4 is 21.7 Å². The van der Waals surface area contributed by atoms with Crippen molar-refractivity contribution in [3.05, 3.63) is 45.9 Å². The Morgan fingerprint density at radius 3 is 1.79 bits per heavy atom. The summed E-state index contributed by atoms with van der Waals surface area (Å²) in [4.78, 5) is 75.8. The monoisotopic (exact) mass is 1150 g/mol. The lowest BCUT2D eigenvalue weighted by atomic mass is 9.92. The van der Waals surface area contributed by atoms with Crippen LogP contribution in [0.15, 0.2) is 29.6 Å². The van der Waals surface area contributed by atoms with Gasteiger partial charge in [-0.15, -0.1) is 11.3 Å². The molecule has 0 spiro atoms. The number of benzene rings is 1. The molecule has 22 nitrogen and oxygen atoms in total. The molecule has 1 aliphatic heterocycles. The SMILES string of the molecule is CCCO[C@H](C[C@H](C(C)C)N(CCC)C(=O)[C@@H](NC(=O)[C@H]1CCCCN1C)[C@@H](C)CC)c1nc(C(=O)N[C@@H](Cc2ccc(NC(=O)CCOCCOCCOCCOCCOCCOCCOCCOCCN)cc2)C(=O)O)cs1. The maximum absolute atomic E-state index is 14.7. The van der Waals surface area contributed by atoms with Gasteiger partial charge in [0.05, 0.1) is 118 Å². The van der Waals surface area contributed by atoms with E-state index in [1.807, 2.05) is 39.6 Å². The smallest absolute Gasteiger partial charge is 0.326 e. The number of likely N-dealkylation sites (tertiary alicyclic amines) is 1. The number of piperidine rings is 1. The van der Waals surface area contributed by atoms with Crippen molar-refractivity contribution < 1.29 is 71.7 Å². The number of rotatable bonds is 47. The molecule has 1 aromatic carbocycles. The molecule has 0 bridgehead atoms. The number of carboxylic acids is 1. The number of anilines is 1. The van der Waals surface area contributed by atoms with Gasteiger partial charge in [-0.25, -0.2) is 9.78 Å². The lowest BCUT2D eigenvalue weighted by molar-refractivity contribution is -0.143. The van der Waals surface area contributed by atoms with E-state index in [1.54, 1.807) is 29.6 Å². The van der Waals surface area contributed by atoms with Crippen LogP contribution in [0.4, 0.5) is 5.69 Å². The van der Waals surface area contributed by atoms with E-state index in [9.17, 15) is 29.1 Å². The van der Waals surface area contributed by atoms with Crippen molar-refractivity contribution in [2.24, 2.45) is 17.6 Å². The summed E-state index contributed by atoms with van der Waals surface area (Å²) in [5, 5.41) is 20.9. The molecule has 2 heterocycles. The summed E-state index contributed by atoms with van der Waals surface area (Å²) in [5.74, 6) is -2.42. The summed E-state index contributed by atoms with van der Waals surface area (Å²) in [6.45, 7) is 21.4. The van der Waals surface area contributed by atoms with Gasteiger partial charge in [0, 0.05) is 49.6 Å². The van der Waals surface area contributed by atoms with Crippen molar-refractivity contribution in [3.8, 4) is 0 Å². The molecular formula is C57H97N7O15S. The molecule has 456 valence electrons. The summed E-state index contributed by atoms with van der Waals surface area (Å²) >= 11 is 1.25. The van der Waals surface area contributed by atoms with Crippen LogP contribution >= 0.6 is 11.3 Å². The van der Waals surface area contributed by atoms with E-state index in [2.05, 4.69) is 39.7 Å². The summed E-state index contributed by atoms with van der Waals surface area (Å²) in [6.07, 6.45) is 4.88. The number of aliphatic carboxylic acids is 1. The minimum Gasteiger partial charge on any atom is -0.480 e. The summed E-state index contributed by atoms with van der Waals surface area (Å²) in [6, 6.07) is 4.23. The fourth-order valence-corrected chi connectivity index (χ4v) is 9.58. The second-order valence-corrected chi connectivity index (χ2v) is 21.0. The minimum atomic E-state index is -1.27. The normalized spacial score (nSPS) is 15.7. The zero-order chi connectivity index (χ0) is 58.3. The van der Waals surface area contributed by atoms with E-state index in [-0.39, 0.29) is 66.8 Å². The van der Waals surface area contributed by atoms with Crippen molar-refractivity contribution in [2.75, 3.05) is 144 Å². The van der Waals surface area contributed by atoms with E-state index < -0.39 is 30.1 Å². The number of carboxylic acid groups (broad SMARTS) is 1. The number of hydrogen-bond donors (Lipinski definition) is 5. The zero-order valence-corrected chi connectivity index (χ0v) is 49.7. The summed E-state index contributed by atoms with van der Waals surface area (Å²) in [7, 11) is 1.96. The molecule has 2 aromatic rings. The molecule has 3 rings (SSSR count). The average Bonchev–Trinajstić information content (AvgIpc) is 3.96. The van der Waals surface area contributed by atoms with E-state index in [4.69, 9.17) is 48.4 Å². The molecular weight excluding hydrogens is 1050 g/mol. The predicted octanol–water partition coefficient (Wildman–Crippen LogP) is 5.13. The Balaban J connectivity index is 1.39. The second-order valence-electron chi connectivity index (χ2n) is 20.1. The van der Waals surface area contributed by atoms with Gasteiger partial charge in [-0.2, -0.15) is 0 Å². The predicted molar refractivity (Wildman–Crippen MR) is 306 cm³/mol. The third-order valence-corrected chi connectivity index (χ3v) is 14.3. The fourth-order valence-electron chi connectivity index (χ4n) is 8.72. The maximum atomic E-state index is 14.7. The fraction of sp³-hybridized carbons (Fsp3) is 0.754. The van der Waals surface area contributed by atoms with E-state index in [0.717, 1.165) is 32.2 Å². The quantitative estimate of drug-likeness (QED) is 0.0538. The van der Waals surface area contributed by atoms with Gasteiger partial charge in [0.25, 0.3) is 5.91 Å². The van der Waals surface area contributed by atoms with Gasteiger partial charge in [-0.3, -0.25) is 24.1 Å². The number of likely N-dealkylation sites (N-methyl/N-ethyl adjacent to an activating group) is 1. The lowest BCUT2D eigenvalue weighted by Crippen LogP contribution is -2.58. The van der Waals surface area contributed by atoms with Crippen LogP contribution in [0.3, 0.4) is 0 Å². The molecule has 1 aromatic heterocycles. The maximum Gasteiger partial charge on any atom is 0.326 e. The Labute approximate surface area is 479 Å². The lowest BCUT2D eigenvalue weighted by Gasteiger charge is -2.40. The van der Waals surface area contributed by atoms with Crippen LogP contribution in [-0.4, -0.2) is 213 Å². The van der Waals surface area contributed by atoms with Crippen LogP contribution in [0.5, 0.6) is 0 Å². The van der Waals surface area contributed by atoms with Crippen molar-refractivity contribution in [1.29, 1.82) is 0 Å². The number of thiazole rings is 1. The molecule has 4 amide bonds. The van der Waals surface area contributed by atoms with Crippen LogP contribution in [0, 0.1) is 11.8 Å². The molecule has 0 aliphatic carbocycles. The van der Waals surface area contributed by atoms with Gasteiger partial charge in [-0.05, 0) is 68.8 Å². The molecule has 1 aliphatic rings. The van der Waals surface area contributed by atoms with Gasteiger partial charge >= 0.3 is 5.97 Å². The van der Waals surface area contributed by atoms with Gasteiger partial charge in [0.2, 0.25) is 17.7 Å². The van der Waals surface area contributed by atoms with E-state index in [0.29, 0.717) is 154 Å². The highest BCUT2D eigenvalue weighted by Crippen LogP contribution is 2.32. The van der Waals surface area contributed by atoms with Gasteiger partial charge in [0.1, 0.15) is 28.9 Å². The number of carbonyl (C=O) groups is 5. The first-order valence-electron chi connectivity index (χ1n) is 28.9. The first-order chi connectivity index (χ1) is 38.7. The van der Waals surface area contributed by atoms with Crippen molar-refractivity contribution in [3.63, 3.8) is 0 Å². The van der Waals surface area contributed by atoms with Gasteiger partial charge < -0.3 is 74.3 Å². The largest absolute Gasteiger partial charge is 0.480 e. The number of nitrogens with zero attached hydrogens (tertiary/aromatic N) is 3. The highest BCUT2D eigenvalue weighted by molar-refractivity contribution is 7.09.